The largest absolute Gasteiger partial charge is 0.401 e. The fourth-order valence-electron chi connectivity index (χ4n) is 2.75. The molecule has 1 aromatic rings. The molecule has 0 bridgehead atoms. The van der Waals surface area contributed by atoms with Crippen molar-refractivity contribution in [1.29, 1.82) is 5.26 Å². The van der Waals surface area contributed by atoms with Gasteiger partial charge in [0.1, 0.15) is 0 Å². The number of benzene rings is 1. The third kappa shape index (κ3) is 15.3. The lowest BCUT2D eigenvalue weighted by molar-refractivity contribution is 0.0821. The number of anilines is 1. The number of ether oxygens (including phenoxy) is 1. The summed E-state index contributed by atoms with van der Waals surface area (Å²) in [5.41, 5.74) is 0.648. The molecular formula is C22H34F3N4O5P. The predicted molar refractivity (Wildman–Crippen MR) is 128 cm³/mol. The molecule has 1 rings (SSSR count). The number of nitrogens with one attached hydrogen (secondary N) is 2. The first kappa shape index (κ1) is 32.7. The fraction of sp³-hybridized carbons (Fsp3) is 0.591. The zero-order chi connectivity index (χ0) is 26.6. The van der Waals surface area contributed by atoms with E-state index in [1.54, 1.807) is 0 Å². The molecule has 0 saturated carbocycles. The lowest BCUT2D eigenvalue weighted by atomic mass is 10.2. The van der Waals surface area contributed by atoms with Crippen molar-refractivity contribution in [2.75, 3.05) is 45.2 Å². The van der Waals surface area contributed by atoms with Gasteiger partial charge in [0.05, 0.1) is 38.9 Å². The van der Waals surface area contributed by atoms with Crippen LogP contribution in [0.25, 0.3) is 0 Å². The molecule has 0 fully saturated rings. The van der Waals surface area contributed by atoms with E-state index < -0.39 is 21.6 Å². The zero-order valence-corrected chi connectivity index (χ0v) is 21.3. The van der Waals surface area contributed by atoms with Crippen molar-refractivity contribution in [3.63, 3.8) is 0 Å². The van der Waals surface area contributed by atoms with Crippen LogP contribution in [0.4, 0.5) is 23.7 Å². The van der Waals surface area contributed by atoms with Crippen LogP contribution in [0.3, 0.4) is 0 Å². The van der Waals surface area contributed by atoms with E-state index in [1.165, 1.54) is 24.3 Å². The molecule has 1 atom stereocenters. The first-order chi connectivity index (χ1) is 16.7. The van der Waals surface area contributed by atoms with E-state index in [2.05, 4.69) is 43.8 Å². The van der Waals surface area contributed by atoms with Gasteiger partial charge in [-0.05, 0) is 52.0 Å². The summed E-state index contributed by atoms with van der Waals surface area (Å²) in [5.74, 6) is -0.304. The molecule has 0 aliphatic heterocycles. The molecule has 0 aliphatic carbocycles. The monoisotopic (exact) mass is 522 g/mol. The topological polar surface area (TPSA) is 113 Å². The quantitative estimate of drug-likeness (QED) is 0.142. The van der Waals surface area contributed by atoms with E-state index in [1.807, 2.05) is 5.32 Å². The second-order valence-corrected chi connectivity index (χ2v) is 8.78. The van der Waals surface area contributed by atoms with Gasteiger partial charge in [-0.25, -0.2) is 18.2 Å². The maximum absolute atomic E-state index is 12.3. The van der Waals surface area contributed by atoms with Crippen molar-refractivity contribution >= 4 is 26.3 Å². The fourth-order valence-corrected chi connectivity index (χ4v) is 4.32. The highest BCUT2D eigenvalue weighted by molar-refractivity contribution is 7.44. The average molecular weight is 523 g/mol. The average Bonchev–Trinajstić information content (AvgIpc) is 2.78. The summed E-state index contributed by atoms with van der Waals surface area (Å²) in [6, 6.07) is 8.36. The maximum Gasteiger partial charge on any atom is 0.401 e. The molecular weight excluding hydrogens is 488 g/mol. The minimum atomic E-state index is -1.75. The number of carbonyl (C=O) groups is 2. The Balaban J connectivity index is 0.00000365. The smallest absolute Gasteiger partial charge is 0.377 e. The van der Waals surface area contributed by atoms with Crippen LogP contribution >= 0.6 is 8.53 Å². The SMILES string of the molecule is CC(C)N(C(C)C)P(OCCC#N)OCCOCCNC(=O)c1ccc(NC(=O)F)cc1.FCF. The van der Waals surface area contributed by atoms with E-state index in [9.17, 15) is 22.8 Å². The Hall–Kier alpha value is -2.29. The standard InChI is InChI=1S/C21H32FN4O5P.CH2F2/c1-16(2)26(17(3)4)32(30-12-5-10-23)31-15-14-29-13-11-24-20(27)18-6-8-19(9-7-18)25-21(22)28;2-1-3/h6-9,16-17H,5,11-15H2,1-4H3,(H,24,27)(H,25,28);1H2. The third-order valence-electron chi connectivity index (χ3n) is 4.01. The number of rotatable bonds is 15. The van der Waals surface area contributed by atoms with Crippen LogP contribution in [-0.2, 0) is 13.8 Å². The van der Waals surface area contributed by atoms with Gasteiger partial charge in [0.2, 0.25) is 6.93 Å². The number of halogens is 3. The van der Waals surface area contributed by atoms with Crippen LogP contribution in [0.15, 0.2) is 24.3 Å². The molecule has 0 spiro atoms. The Morgan fingerprint density at radius 1 is 1.03 bits per heavy atom. The number of carbonyl (C=O) groups excluding carboxylic acids is 2. The number of nitrogens with zero attached hydrogens (tertiary/aromatic N) is 2. The summed E-state index contributed by atoms with van der Waals surface area (Å²) in [6.45, 7) is 8.09. The van der Waals surface area contributed by atoms with Crippen LogP contribution < -0.4 is 10.6 Å². The van der Waals surface area contributed by atoms with E-state index in [-0.39, 0.29) is 23.7 Å². The summed E-state index contributed by atoms with van der Waals surface area (Å²) in [5, 5.41) is 13.4. The highest BCUT2D eigenvalue weighted by Gasteiger charge is 2.26. The van der Waals surface area contributed by atoms with Gasteiger partial charge in [-0.2, -0.15) is 5.26 Å². The van der Waals surface area contributed by atoms with Crippen LogP contribution in [0.2, 0.25) is 0 Å². The van der Waals surface area contributed by atoms with Crippen molar-refractivity contribution in [3.05, 3.63) is 29.8 Å². The molecule has 2 N–H and O–H groups in total. The highest BCUT2D eigenvalue weighted by atomic mass is 31.2. The second-order valence-electron chi connectivity index (χ2n) is 7.33. The van der Waals surface area contributed by atoms with Crippen LogP contribution in [0.1, 0.15) is 44.5 Å². The van der Waals surface area contributed by atoms with Crippen molar-refractivity contribution in [3.8, 4) is 6.07 Å². The van der Waals surface area contributed by atoms with Gasteiger partial charge in [0.15, 0.2) is 0 Å². The van der Waals surface area contributed by atoms with Gasteiger partial charge < -0.3 is 19.1 Å². The van der Waals surface area contributed by atoms with E-state index in [0.29, 0.717) is 45.0 Å². The van der Waals surface area contributed by atoms with Crippen LogP contribution in [-0.4, -0.2) is 68.7 Å². The molecule has 0 aromatic heterocycles. The molecule has 0 radical (unpaired) electrons. The van der Waals surface area contributed by atoms with Gasteiger partial charge in [-0.1, -0.05) is 0 Å². The summed E-state index contributed by atoms with van der Waals surface area (Å²) in [7, 11) is -1.31. The zero-order valence-electron chi connectivity index (χ0n) is 20.4. The number of hydrogen-bond donors (Lipinski definition) is 2. The highest BCUT2D eigenvalue weighted by Crippen LogP contribution is 2.45. The summed E-state index contributed by atoms with van der Waals surface area (Å²) in [6.07, 6.45) is -1.36. The maximum atomic E-state index is 12.3. The van der Waals surface area contributed by atoms with Gasteiger partial charge in [0.25, 0.3) is 14.4 Å². The summed E-state index contributed by atoms with van der Waals surface area (Å²) >= 11 is 0. The molecule has 0 saturated heterocycles. The molecule has 0 aliphatic rings. The predicted octanol–water partition coefficient (Wildman–Crippen LogP) is 5.11. The number of hydrogen-bond acceptors (Lipinski definition) is 7. The molecule has 13 heteroatoms. The minimum Gasteiger partial charge on any atom is -0.377 e. The molecule has 35 heavy (non-hydrogen) atoms. The van der Waals surface area contributed by atoms with Crippen molar-refractivity contribution in [2.45, 2.75) is 46.2 Å². The Morgan fingerprint density at radius 3 is 2.11 bits per heavy atom. The van der Waals surface area contributed by atoms with Crippen LogP contribution in [0, 0.1) is 11.3 Å². The number of amides is 2. The van der Waals surface area contributed by atoms with Gasteiger partial charge >= 0.3 is 6.16 Å². The second kappa shape index (κ2) is 20.0. The van der Waals surface area contributed by atoms with Gasteiger partial charge in [-0.15, -0.1) is 4.39 Å². The third-order valence-corrected chi connectivity index (χ3v) is 6.12. The molecule has 198 valence electrons. The van der Waals surface area contributed by atoms with Gasteiger partial charge in [-0.3, -0.25) is 10.1 Å². The van der Waals surface area contributed by atoms with E-state index in [4.69, 9.17) is 19.0 Å². The van der Waals surface area contributed by atoms with E-state index in [0.717, 1.165) is 0 Å². The van der Waals surface area contributed by atoms with Crippen LogP contribution in [0.5, 0.6) is 0 Å². The lowest BCUT2D eigenvalue weighted by Gasteiger charge is -2.35. The normalized spacial score (nSPS) is 11.6. The minimum absolute atomic E-state index is 0.224. The first-order valence-corrected chi connectivity index (χ1v) is 12.1. The Morgan fingerprint density at radius 2 is 1.60 bits per heavy atom. The Kier molecular flexibility index (Phi) is 18.7. The number of alkyl halides is 2. The first-order valence-electron chi connectivity index (χ1n) is 10.9. The molecule has 9 nitrogen and oxygen atoms in total. The van der Waals surface area contributed by atoms with Crippen molar-refractivity contribution in [1.82, 2.24) is 9.99 Å². The van der Waals surface area contributed by atoms with Gasteiger partial charge in [0, 0.05) is 29.9 Å². The van der Waals surface area contributed by atoms with Crippen molar-refractivity contribution in [2.24, 2.45) is 0 Å². The lowest BCUT2D eigenvalue weighted by Crippen LogP contribution is -2.34. The summed E-state index contributed by atoms with van der Waals surface area (Å²) in [4.78, 5) is 22.5. The molecule has 1 unspecified atom stereocenters. The molecule has 0 heterocycles. The Labute approximate surface area is 205 Å². The summed E-state index contributed by atoms with van der Waals surface area (Å²) < 4.78 is 50.9. The molecule has 1 aromatic carbocycles. The van der Waals surface area contributed by atoms with Crippen molar-refractivity contribution < 1.29 is 36.5 Å². The Bertz CT molecular complexity index is 758. The molecule has 2 amide bonds. The van der Waals surface area contributed by atoms with E-state index >= 15 is 0 Å². The number of nitriles is 1.